The van der Waals surface area contributed by atoms with Crippen LogP contribution in [0.15, 0.2) is 29.1 Å². The molecule has 5 nitrogen and oxygen atoms in total. The molecular formula is C15H20N4OS. The average molecular weight is 304 g/mol. The highest BCUT2D eigenvalue weighted by Crippen LogP contribution is 2.16. The molecule has 1 fully saturated rings. The number of carbonyl (C=O) groups is 1. The number of thiophene rings is 1. The maximum atomic E-state index is 12.4. The minimum atomic E-state index is -0.0243. The lowest BCUT2D eigenvalue weighted by molar-refractivity contribution is 0.0778. The van der Waals surface area contributed by atoms with E-state index in [0.29, 0.717) is 18.3 Å². The second-order valence-electron chi connectivity index (χ2n) is 5.47. The zero-order valence-corrected chi connectivity index (χ0v) is 13.0. The van der Waals surface area contributed by atoms with E-state index >= 15 is 0 Å². The zero-order valence-electron chi connectivity index (χ0n) is 12.2. The van der Waals surface area contributed by atoms with Gasteiger partial charge in [0.05, 0.1) is 6.04 Å². The van der Waals surface area contributed by atoms with Crippen molar-refractivity contribution in [2.45, 2.75) is 25.4 Å². The van der Waals surface area contributed by atoms with Crippen LogP contribution in [0.1, 0.15) is 34.9 Å². The van der Waals surface area contributed by atoms with Gasteiger partial charge >= 0.3 is 0 Å². The summed E-state index contributed by atoms with van der Waals surface area (Å²) in [4.78, 5) is 14.1. The molecule has 0 aliphatic carbocycles. The molecule has 1 aliphatic heterocycles. The zero-order chi connectivity index (χ0) is 14.7. The molecule has 21 heavy (non-hydrogen) atoms. The van der Waals surface area contributed by atoms with Crippen LogP contribution in [0.2, 0.25) is 0 Å². The lowest BCUT2D eigenvalue weighted by atomic mass is 10.1. The Bertz CT molecular complexity index is 587. The summed E-state index contributed by atoms with van der Waals surface area (Å²) in [5.41, 5.74) is 1.69. The Morgan fingerprint density at radius 2 is 2.48 bits per heavy atom. The summed E-state index contributed by atoms with van der Waals surface area (Å²) in [6, 6.07) is 4.23. The number of amides is 1. The number of hydrogen-bond donors (Lipinski definition) is 1. The first kappa shape index (κ1) is 14.3. The van der Waals surface area contributed by atoms with Crippen molar-refractivity contribution in [3.8, 4) is 0 Å². The maximum Gasteiger partial charge on any atom is 0.274 e. The number of rotatable bonds is 4. The molecule has 1 amide bonds. The predicted octanol–water partition coefficient (Wildman–Crippen LogP) is 2.14. The van der Waals surface area contributed by atoms with Gasteiger partial charge in [0.15, 0.2) is 0 Å². The fraction of sp³-hybridized carbons (Fsp3) is 0.467. The minimum Gasteiger partial charge on any atom is -0.336 e. The van der Waals surface area contributed by atoms with E-state index in [9.17, 15) is 4.79 Å². The summed E-state index contributed by atoms with van der Waals surface area (Å²) in [7, 11) is 1.82. The molecule has 3 rings (SSSR count). The minimum absolute atomic E-state index is 0.0243. The lowest BCUT2D eigenvalue weighted by Crippen LogP contribution is -2.32. The molecule has 0 spiro atoms. The third kappa shape index (κ3) is 3.33. The number of hydrogen-bond acceptors (Lipinski definition) is 4. The first-order valence-electron chi connectivity index (χ1n) is 7.26. The van der Waals surface area contributed by atoms with E-state index in [2.05, 4.69) is 15.8 Å². The van der Waals surface area contributed by atoms with Gasteiger partial charge in [-0.05, 0) is 47.8 Å². The summed E-state index contributed by atoms with van der Waals surface area (Å²) in [6.45, 7) is 2.63. The van der Waals surface area contributed by atoms with Gasteiger partial charge in [-0.3, -0.25) is 9.48 Å². The van der Waals surface area contributed by atoms with Gasteiger partial charge in [-0.2, -0.15) is 16.4 Å². The predicted molar refractivity (Wildman–Crippen MR) is 83.5 cm³/mol. The van der Waals surface area contributed by atoms with Crippen LogP contribution in [0.4, 0.5) is 0 Å². The smallest absolute Gasteiger partial charge is 0.274 e. The molecule has 1 aliphatic rings. The van der Waals surface area contributed by atoms with E-state index in [1.54, 1.807) is 16.2 Å². The highest BCUT2D eigenvalue weighted by Gasteiger charge is 2.19. The van der Waals surface area contributed by atoms with Crippen molar-refractivity contribution >= 4 is 17.2 Å². The van der Waals surface area contributed by atoms with E-state index in [0.717, 1.165) is 31.5 Å². The number of nitrogens with zero attached hydrogens (tertiary/aromatic N) is 3. The first-order chi connectivity index (χ1) is 10.2. The molecule has 2 aromatic rings. The Hall–Kier alpha value is -1.66. The second kappa shape index (κ2) is 6.41. The van der Waals surface area contributed by atoms with Gasteiger partial charge < -0.3 is 10.2 Å². The summed E-state index contributed by atoms with van der Waals surface area (Å²) in [6.07, 6.45) is 4.20. The number of piperidine rings is 1. The standard InChI is InChI=1S/C15H20N4OS/c1-18(10-12-5-8-21-11-12)15(20)14-4-7-19(17-14)13-3-2-6-16-9-13/h4-5,7-8,11,13,16H,2-3,6,9-10H2,1H3/t13-/m0/s1. The molecule has 1 N–H and O–H groups in total. The van der Waals surface area contributed by atoms with Crippen LogP contribution in [-0.4, -0.2) is 40.7 Å². The van der Waals surface area contributed by atoms with Crippen LogP contribution in [0.3, 0.4) is 0 Å². The summed E-state index contributed by atoms with van der Waals surface area (Å²) in [5, 5.41) is 11.9. The highest BCUT2D eigenvalue weighted by atomic mass is 32.1. The van der Waals surface area contributed by atoms with E-state index in [1.807, 2.05) is 35.4 Å². The van der Waals surface area contributed by atoms with Gasteiger partial charge in [-0.15, -0.1) is 0 Å². The molecule has 6 heteroatoms. The molecule has 112 valence electrons. The van der Waals surface area contributed by atoms with E-state index < -0.39 is 0 Å². The Kier molecular flexibility index (Phi) is 4.36. The fourth-order valence-electron chi connectivity index (χ4n) is 2.64. The lowest BCUT2D eigenvalue weighted by Gasteiger charge is -2.23. The average Bonchev–Trinajstić information content (AvgIpc) is 3.18. The van der Waals surface area contributed by atoms with Crippen molar-refractivity contribution in [3.05, 3.63) is 40.3 Å². The Labute approximate surface area is 128 Å². The number of carbonyl (C=O) groups excluding carboxylic acids is 1. The highest BCUT2D eigenvalue weighted by molar-refractivity contribution is 7.07. The van der Waals surface area contributed by atoms with Crippen LogP contribution in [-0.2, 0) is 6.54 Å². The summed E-state index contributed by atoms with van der Waals surface area (Å²) >= 11 is 1.65. The molecule has 0 saturated carbocycles. The van der Waals surface area contributed by atoms with Crippen LogP contribution in [0.25, 0.3) is 0 Å². The van der Waals surface area contributed by atoms with Crippen molar-refractivity contribution in [2.24, 2.45) is 0 Å². The molecule has 3 heterocycles. The second-order valence-corrected chi connectivity index (χ2v) is 6.25. The van der Waals surface area contributed by atoms with Crippen LogP contribution < -0.4 is 5.32 Å². The monoisotopic (exact) mass is 304 g/mol. The molecule has 1 atom stereocenters. The normalized spacial score (nSPS) is 18.6. The third-order valence-electron chi connectivity index (χ3n) is 3.82. The summed E-state index contributed by atoms with van der Waals surface area (Å²) < 4.78 is 1.93. The maximum absolute atomic E-state index is 12.4. The van der Waals surface area contributed by atoms with E-state index in [4.69, 9.17) is 0 Å². The SMILES string of the molecule is CN(Cc1ccsc1)C(=O)c1ccn([C@H]2CCCNC2)n1. The van der Waals surface area contributed by atoms with Crippen LogP contribution in [0, 0.1) is 0 Å². The molecule has 0 unspecified atom stereocenters. The van der Waals surface area contributed by atoms with Gasteiger partial charge in [0.25, 0.3) is 5.91 Å². The van der Waals surface area contributed by atoms with Gasteiger partial charge in [0.2, 0.25) is 0 Å². The van der Waals surface area contributed by atoms with E-state index in [1.165, 1.54) is 0 Å². The Morgan fingerprint density at radius 3 is 3.19 bits per heavy atom. The largest absolute Gasteiger partial charge is 0.336 e. The molecule has 2 aromatic heterocycles. The van der Waals surface area contributed by atoms with Crippen molar-refractivity contribution in [1.29, 1.82) is 0 Å². The third-order valence-corrected chi connectivity index (χ3v) is 4.55. The molecule has 0 bridgehead atoms. The van der Waals surface area contributed by atoms with Gasteiger partial charge in [0.1, 0.15) is 5.69 Å². The van der Waals surface area contributed by atoms with E-state index in [-0.39, 0.29) is 5.91 Å². The van der Waals surface area contributed by atoms with Crippen LogP contribution in [0.5, 0.6) is 0 Å². The molecule has 0 aromatic carbocycles. The quantitative estimate of drug-likeness (QED) is 0.941. The van der Waals surface area contributed by atoms with Gasteiger partial charge in [0, 0.05) is 26.3 Å². The van der Waals surface area contributed by atoms with Crippen molar-refractivity contribution in [1.82, 2.24) is 20.0 Å². The Morgan fingerprint density at radius 1 is 1.57 bits per heavy atom. The first-order valence-corrected chi connectivity index (χ1v) is 8.21. The number of aromatic nitrogens is 2. The number of nitrogens with one attached hydrogen (secondary N) is 1. The van der Waals surface area contributed by atoms with Gasteiger partial charge in [-0.1, -0.05) is 0 Å². The molecular weight excluding hydrogens is 284 g/mol. The topological polar surface area (TPSA) is 50.2 Å². The summed E-state index contributed by atoms with van der Waals surface area (Å²) in [5.74, 6) is -0.0243. The van der Waals surface area contributed by atoms with Crippen molar-refractivity contribution in [2.75, 3.05) is 20.1 Å². The van der Waals surface area contributed by atoms with Crippen molar-refractivity contribution < 1.29 is 4.79 Å². The van der Waals surface area contributed by atoms with Gasteiger partial charge in [-0.25, -0.2) is 0 Å². The molecule has 0 radical (unpaired) electrons. The van der Waals surface area contributed by atoms with Crippen LogP contribution >= 0.6 is 11.3 Å². The molecule has 1 saturated heterocycles. The fourth-order valence-corrected chi connectivity index (χ4v) is 3.30. The van der Waals surface area contributed by atoms with Crippen molar-refractivity contribution in [3.63, 3.8) is 0 Å². The Balaban J connectivity index is 1.65.